The Kier molecular flexibility index (Phi) is 12.7. The van der Waals surface area contributed by atoms with Crippen LogP contribution in [-0.2, 0) is 20.6 Å². The van der Waals surface area contributed by atoms with Crippen molar-refractivity contribution in [3.63, 3.8) is 0 Å². The largest absolute Gasteiger partial charge is 0.417 e. The van der Waals surface area contributed by atoms with Crippen molar-refractivity contribution in [2.75, 3.05) is 98.6 Å². The van der Waals surface area contributed by atoms with Gasteiger partial charge in [0.05, 0.1) is 52.1 Å². The molecule has 9 rings (SSSR count). The van der Waals surface area contributed by atoms with Gasteiger partial charge in [0.1, 0.15) is 11.9 Å². The first-order valence-corrected chi connectivity index (χ1v) is 22.7. The van der Waals surface area contributed by atoms with E-state index in [-0.39, 0.29) is 47.4 Å². The second-order valence-electron chi connectivity index (χ2n) is 18.3. The lowest BCUT2D eigenvalue weighted by Crippen LogP contribution is -2.54. The molecular weight excluding hydrogens is 863 g/mol. The highest BCUT2D eigenvalue weighted by Crippen LogP contribution is 2.37. The molecule has 2 aromatic carbocycles. The van der Waals surface area contributed by atoms with Gasteiger partial charge in [-0.3, -0.25) is 39.5 Å². The van der Waals surface area contributed by atoms with Gasteiger partial charge >= 0.3 is 6.18 Å². The average molecular weight is 914 g/mol. The van der Waals surface area contributed by atoms with Crippen LogP contribution in [0.2, 0.25) is 0 Å². The van der Waals surface area contributed by atoms with Crippen LogP contribution in [-0.4, -0.2) is 139 Å². The van der Waals surface area contributed by atoms with Gasteiger partial charge in [-0.05, 0) is 80.7 Å². The summed E-state index contributed by atoms with van der Waals surface area (Å²) in [6, 6.07) is 6.74. The van der Waals surface area contributed by atoms with Gasteiger partial charge < -0.3 is 24.5 Å². The van der Waals surface area contributed by atoms with Crippen molar-refractivity contribution in [1.29, 1.82) is 5.26 Å². The van der Waals surface area contributed by atoms with Crippen LogP contribution >= 0.6 is 0 Å². The van der Waals surface area contributed by atoms with Gasteiger partial charge in [-0.15, -0.1) is 0 Å². The van der Waals surface area contributed by atoms with Gasteiger partial charge in [0.15, 0.2) is 0 Å². The first kappa shape index (κ1) is 45.0. The highest BCUT2D eigenvalue weighted by atomic mass is 19.4. The molecule has 0 bridgehead atoms. The first-order valence-electron chi connectivity index (χ1n) is 22.7. The minimum Gasteiger partial charge on any atom is -0.371 e. The lowest BCUT2D eigenvalue weighted by atomic mass is 9.95. The second kappa shape index (κ2) is 18.6. The third kappa shape index (κ3) is 9.41. The number of nitrogens with zero attached hydrogens (tertiary/aromatic N) is 9. The van der Waals surface area contributed by atoms with E-state index in [0.717, 1.165) is 94.3 Å². The molecule has 0 saturated carbocycles. The van der Waals surface area contributed by atoms with Gasteiger partial charge in [0.25, 0.3) is 11.8 Å². The number of imide groups is 2. The first-order chi connectivity index (χ1) is 31.7. The standard InChI is InChI=1S/C46H51F4N11O5/c47-37-20-34-35(44(66)61(43(34)65)38-3-4-40(62)54-42(38)64)21-39(37)60-12-7-29(27-60)26-57-17-15-56(16-18-57)25-28-5-10-59(11-6-28)33-23-52-45(53-24-33)55-41(63)30-8-13-58(14-9-30)32-2-1-31(22-51)36(19-32)46(48,49)50/h1-2,19-21,23-24,28-30,38H,3-18,25-27H2,(H,54,62,64)(H,52,53,55,63)/t29-,38?/m1/s1. The Hall–Kier alpha value is -6.20. The Balaban J connectivity index is 0.679. The molecule has 20 heteroatoms. The molecule has 16 nitrogen and oxygen atoms in total. The summed E-state index contributed by atoms with van der Waals surface area (Å²) < 4.78 is 56.0. The highest BCUT2D eigenvalue weighted by molar-refractivity contribution is 6.23. The lowest BCUT2D eigenvalue weighted by Gasteiger charge is -2.39. The van der Waals surface area contributed by atoms with E-state index in [9.17, 15) is 37.1 Å². The zero-order chi connectivity index (χ0) is 46.3. The molecule has 0 spiro atoms. The summed E-state index contributed by atoms with van der Waals surface area (Å²) in [5.74, 6) is -2.60. The number of carbonyl (C=O) groups is 5. The molecule has 0 aliphatic carbocycles. The third-order valence-corrected chi connectivity index (χ3v) is 14.1. The van der Waals surface area contributed by atoms with Crippen molar-refractivity contribution < 1.29 is 41.5 Å². The Bertz CT molecular complexity index is 2420. The monoisotopic (exact) mass is 913 g/mol. The number of piperidine rings is 3. The van der Waals surface area contributed by atoms with E-state index < -0.39 is 52.8 Å². The summed E-state index contributed by atoms with van der Waals surface area (Å²) in [7, 11) is 0. The summed E-state index contributed by atoms with van der Waals surface area (Å²) in [6.07, 6.45) is 2.69. The fourth-order valence-electron chi connectivity index (χ4n) is 10.4. The van der Waals surface area contributed by atoms with Crippen molar-refractivity contribution in [2.45, 2.75) is 57.2 Å². The second-order valence-corrected chi connectivity index (χ2v) is 18.3. The lowest BCUT2D eigenvalue weighted by molar-refractivity contribution is -0.138. The summed E-state index contributed by atoms with van der Waals surface area (Å²) in [5, 5.41) is 14.1. The number of benzene rings is 2. The molecule has 6 aliphatic heterocycles. The van der Waals surface area contributed by atoms with Gasteiger partial charge in [-0.25, -0.2) is 14.4 Å². The third-order valence-electron chi connectivity index (χ3n) is 14.1. The molecule has 6 aliphatic rings. The molecule has 0 radical (unpaired) electrons. The number of aromatic nitrogens is 2. The smallest absolute Gasteiger partial charge is 0.371 e. The predicted octanol–water partition coefficient (Wildman–Crippen LogP) is 4.12. The van der Waals surface area contributed by atoms with Crippen molar-refractivity contribution in [1.82, 2.24) is 30.0 Å². The Morgan fingerprint density at radius 1 is 0.758 bits per heavy atom. The maximum Gasteiger partial charge on any atom is 0.417 e. The fourth-order valence-corrected chi connectivity index (χ4v) is 10.4. The van der Waals surface area contributed by atoms with Gasteiger partial charge in [-0.2, -0.15) is 18.4 Å². The van der Waals surface area contributed by atoms with E-state index in [0.29, 0.717) is 56.5 Å². The summed E-state index contributed by atoms with van der Waals surface area (Å²) >= 11 is 0. The highest BCUT2D eigenvalue weighted by Gasteiger charge is 2.46. The zero-order valence-corrected chi connectivity index (χ0v) is 36.4. The van der Waals surface area contributed by atoms with Crippen molar-refractivity contribution >= 4 is 52.5 Å². The quantitative estimate of drug-likeness (QED) is 0.220. The van der Waals surface area contributed by atoms with E-state index in [2.05, 4.69) is 35.3 Å². The molecule has 5 saturated heterocycles. The number of nitriles is 1. The predicted molar refractivity (Wildman–Crippen MR) is 233 cm³/mol. The number of rotatable bonds is 10. The van der Waals surface area contributed by atoms with E-state index in [1.807, 2.05) is 4.90 Å². The Morgan fingerprint density at radius 3 is 1.98 bits per heavy atom. The average Bonchev–Trinajstić information content (AvgIpc) is 3.87. The Labute approximate surface area is 378 Å². The zero-order valence-electron chi connectivity index (χ0n) is 36.4. The van der Waals surface area contributed by atoms with E-state index in [4.69, 9.17) is 5.26 Å². The summed E-state index contributed by atoms with van der Waals surface area (Å²) in [5.41, 5.74) is 0.161. The number of piperazine rings is 1. The van der Waals surface area contributed by atoms with Crippen LogP contribution < -0.4 is 25.3 Å². The molecule has 2 N–H and O–H groups in total. The molecule has 5 amide bonds. The summed E-state index contributed by atoms with van der Waals surface area (Å²) in [6.45, 7) is 9.52. The molecule has 1 unspecified atom stereocenters. The summed E-state index contributed by atoms with van der Waals surface area (Å²) in [4.78, 5) is 84.3. The van der Waals surface area contributed by atoms with Crippen LogP contribution in [0.25, 0.3) is 0 Å². The number of fused-ring (bicyclic) bond motifs is 1. The van der Waals surface area contributed by atoms with Crippen molar-refractivity contribution in [3.8, 4) is 6.07 Å². The van der Waals surface area contributed by atoms with Crippen LogP contribution in [0, 0.1) is 34.9 Å². The van der Waals surface area contributed by atoms with Gasteiger partial charge in [-0.1, -0.05) is 0 Å². The van der Waals surface area contributed by atoms with Crippen LogP contribution in [0.5, 0.6) is 0 Å². The fraction of sp³-hybridized carbons (Fsp3) is 0.522. The Morgan fingerprint density at radius 2 is 1.35 bits per heavy atom. The molecular formula is C46H51F4N11O5. The topological polar surface area (TPSA) is 178 Å². The number of hydrogen-bond donors (Lipinski definition) is 2. The normalized spacial score (nSPS) is 22.8. The maximum atomic E-state index is 15.5. The molecule has 66 heavy (non-hydrogen) atoms. The van der Waals surface area contributed by atoms with Gasteiger partial charge in [0, 0.05) is 96.6 Å². The maximum absolute atomic E-state index is 15.5. The van der Waals surface area contributed by atoms with Crippen LogP contribution in [0.4, 0.5) is 40.6 Å². The number of halogens is 4. The molecule has 3 aromatic rings. The van der Waals surface area contributed by atoms with Crippen LogP contribution in [0.15, 0.2) is 42.7 Å². The van der Waals surface area contributed by atoms with Gasteiger partial charge in [0.2, 0.25) is 23.7 Å². The minimum atomic E-state index is -4.64. The number of carbonyl (C=O) groups excluding carboxylic acids is 5. The van der Waals surface area contributed by atoms with Crippen LogP contribution in [0.3, 0.4) is 0 Å². The number of amides is 5. The van der Waals surface area contributed by atoms with Crippen LogP contribution in [0.1, 0.15) is 76.8 Å². The number of hydrogen-bond acceptors (Lipinski definition) is 13. The molecule has 1 aromatic heterocycles. The molecule has 348 valence electrons. The molecule has 2 atom stereocenters. The minimum absolute atomic E-state index is 0.0112. The van der Waals surface area contributed by atoms with E-state index in [1.54, 1.807) is 23.4 Å². The SMILES string of the molecule is N#Cc1ccc(N2CCC(C(=O)Nc3ncc(N4CCC(CN5CCN(C[C@H]6CCN(c7cc8c(cc7F)C(=O)N(C7CCC(=O)NC7=O)C8=O)C6)CC5)CC4)cn3)CC2)cc1C(F)(F)F. The van der Waals surface area contributed by atoms with E-state index >= 15 is 4.39 Å². The van der Waals surface area contributed by atoms with Crippen molar-refractivity contribution in [3.05, 3.63) is 70.8 Å². The number of alkyl halides is 3. The molecule has 5 fully saturated rings. The molecule has 7 heterocycles. The van der Waals surface area contributed by atoms with Crippen molar-refractivity contribution in [2.24, 2.45) is 17.8 Å². The van der Waals surface area contributed by atoms with E-state index in [1.165, 1.54) is 18.2 Å². The number of nitrogens with one attached hydrogen (secondary N) is 2. The number of anilines is 4.